The van der Waals surface area contributed by atoms with E-state index in [-0.39, 0.29) is 5.82 Å². The van der Waals surface area contributed by atoms with Gasteiger partial charge in [-0.25, -0.2) is 9.37 Å². The van der Waals surface area contributed by atoms with Crippen molar-refractivity contribution in [1.29, 1.82) is 0 Å². The molecule has 3 aromatic rings. The Labute approximate surface area is 126 Å². The van der Waals surface area contributed by atoms with Crippen LogP contribution in [0.5, 0.6) is 0 Å². The van der Waals surface area contributed by atoms with Crippen molar-refractivity contribution in [2.45, 2.75) is 11.3 Å². The highest BCUT2D eigenvalue weighted by Crippen LogP contribution is 2.38. The molecule has 20 heavy (non-hydrogen) atoms. The first-order chi connectivity index (χ1) is 9.63. The summed E-state index contributed by atoms with van der Waals surface area (Å²) in [6, 6.07) is 14.7. The Kier molecular flexibility index (Phi) is 3.59. The summed E-state index contributed by atoms with van der Waals surface area (Å²) in [4.78, 5) is 5.51. The lowest BCUT2D eigenvalue weighted by molar-refractivity contribution is 0.628. The minimum Gasteiger partial charge on any atom is -0.229 e. The Balaban J connectivity index is 2.12. The molecule has 0 amide bonds. The second kappa shape index (κ2) is 5.38. The van der Waals surface area contributed by atoms with Crippen LogP contribution in [-0.4, -0.2) is 4.98 Å². The van der Waals surface area contributed by atoms with E-state index >= 15 is 0 Å². The number of thiol groups is 1. The highest BCUT2D eigenvalue weighted by atomic mass is 32.2. The van der Waals surface area contributed by atoms with Crippen LogP contribution in [-0.2, 0) is 0 Å². The highest BCUT2D eigenvalue weighted by molar-refractivity contribution is 7.82. The van der Waals surface area contributed by atoms with Gasteiger partial charge in [0.25, 0.3) is 0 Å². The Morgan fingerprint density at radius 2 is 1.55 bits per heavy atom. The molecule has 0 aliphatic rings. The molecule has 1 aromatic heterocycles. The Hall–Kier alpha value is -1.65. The number of rotatable bonds is 2. The van der Waals surface area contributed by atoms with Gasteiger partial charge in [0.2, 0.25) is 0 Å². The van der Waals surface area contributed by atoms with E-state index in [2.05, 4.69) is 36.7 Å². The van der Waals surface area contributed by atoms with Gasteiger partial charge in [-0.3, -0.25) is 0 Å². The quantitative estimate of drug-likeness (QED) is 0.641. The normalized spacial score (nSPS) is 10.8. The smallest absolute Gasteiger partial charge is 0.148 e. The number of aromatic nitrogens is 1. The molecule has 2 aromatic carbocycles. The molecule has 3 rings (SSSR count). The van der Waals surface area contributed by atoms with E-state index in [0.717, 1.165) is 21.7 Å². The fraction of sp³-hybridized carbons (Fsp3) is 0.0625. The largest absolute Gasteiger partial charge is 0.229 e. The molecule has 0 bridgehead atoms. The number of aryl methyl sites for hydroxylation is 1. The average molecular weight is 301 g/mol. The first-order valence-electron chi connectivity index (χ1n) is 6.16. The summed E-state index contributed by atoms with van der Waals surface area (Å²) in [5.41, 5.74) is 4.11. The van der Waals surface area contributed by atoms with Gasteiger partial charge in [0.1, 0.15) is 10.2 Å². The molecule has 4 heteroatoms. The summed E-state index contributed by atoms with van der Waals surface area (Å²) in [7, 11) is 0. The zero-order valence-electron chi connectivity index (χ0n) is 10.8. The number of nitrogens with zero attached hydrogens (tertiary/aromatic N) is 1. The molecule has 0 atom stereocenters. The van der Waals surface area contributed by atoms with Crippen LogP contribution in [0.15, 0.2) is 52.9 Å². The lowest BCUT2D eigenvalue weighted by Gasteiger charge is -2.03. The van der Waals surface area contributed by atoms with Crippen LogP contribution in [0.25, 0.3) is 21.7 Å². The molecule has 0 N–H and O–H groups in total. The molecule has 0 aliphatic heterocycles. The van der Waals surface area contributed by atoms with E-state index in [0.29, 0.717) is 4.34 Å². The minimum atomic E-state index is -0.235. The van der Waals surface area contributed by atoms with E-state index in [1.54, 1.807) is 12.1 Å². The summed E-state index contributed by atoms with van der Waals surface area (Å²) in [5.74, 6) is -0.235. The molecular weight excluding hydrogens is 289 g/mol. The van der Waals surface area contributed by atoms with Crippen LogP contribution in [0, 0.1) is 12.7 Å². The maximum Gasteiger partial charge on any atom is 0.148 e. The molecular formula is C16H12FNS2. The summed E-state index contributed by atoms with van der Waals surface area (Å²) in [6.45, 7) is 2.05. The van der Waals surface area contributed by atoms with Crippen molar-refractivity contribution in [1.82, 2.24) is 4.98 Å². The minimum absolute atomic E-state index is 0.235. The van der Waals surface area contributed by atoms with Gasteiger partial charge >= 0.3 is 0 Å². The predicted octanol–water partition coefficient (Wildman–Crippen LogP) is 5.21. The van der Waals surface area contributed by atoms with Gasteiger partial charge in [0, 0.05) is 5.56 Å². The Morgan fingerprint density at radius 3 is 2.20 bits per heavy atom. The molecule has 100 valence electrons. The summed E-state index contributed by atoms with van der Waals surface area (Å²) < 4.78 is 13.8. The maximum absolute atomic E-state index is 13.0. The van der Waals surface area contributed by atoms with Gasteiger partial charge in [-0.15, -0.1) is 24.0 Å². The van der Waals surface area contributed by atoms with Crippen molar-refractivity contribution in [2.24, 2.45) is 0 Å². The predicted molar refractivity (Wildman–Crippen MR) is 84.9 cm³/mol. The molecule has 0 spiro atoms. The van der Waals surface area contributed by atoms with Crippen LogP contribution in [0.4, 0.5) is 4.39 Å². The molecule has 0 unspecified atom stereocenters. The molecule has 0 aliphatic carbocycles. The monoisotopic (exact) mass is 301 g/mol. The van der Waals surface area contributed by atoms with Gasteiger partial charge in [-0.1, -0.05) is 42.0 Å². The number of benzene rings is 2. The molecule has 1 nitrogen and oxygen atoms in total. The van der Waals surface area contributed by atoms with Gasteiger partial charge in [-0.05, 0) is 24.6 Å². The summed E-state index contributed by atoms with van der Waals surface area (Å²) >= 11 is 5.85. The number of halogens is 1. The van der Waals surface area contributed by atoms with Crippen molar-refractivity contribution >= 4 is 24.0 Å². The van der Waals surface area contributed by atoms with E-state index in [4.69, 9.17) is 0 Å². The van der Waals surface area contributed by atoms with Crippen LogP contribution >= 0.6 is 24.0 Å². The van der Waals surface area contributed by atoms with Crippen LogP contribution in [0.1, 0.15) is 5.56 Å². The van der Waals surface area contributed by atoms with Crippen molar-refractivity contribution in [2.75, 3.05) is 0 Å². The van der Waals surface area contributed by atoms with Crippen molar-refractivity contribution in [3.05, 3.63) is 59.9 Å². The van der Waals surface area contributed by atoms with Gasteiger partial charge in [0.15, 0.2) is 0 Å². The molecule has 1 heterocycles. The number of hydrogen-bond acceptors (Lipinski definition) is 3. The molecule has 0 saturated carbocycles. The zero-order chi connectivity index (χ0) is 14.1. The Bertz CT molecular complexity index is 667. The van der Waals surface area contributed by atoms with Crippen LogP contribution in [0.2, 0.25) is 0 Å². The van der Waals surface area contributed by atoms with E-state index in [9.17, 15) is 4.39 Å². The van der Waals surface area contributed by atoms with E-state index in [1.807, 2.05) is 12.1 Å². The van der Waals surface area contributed by atoms with Gasteiger partial charge in [-0.2, -0.15) is 0 Å². The fourth-order valence-electron chi connectivity index (χ4n) is 2.01. The second-order valence-electron chi connectivity index (χ2n) is 4.55. The highest BCUT2D eigenvalue weighted by Gasteiger charge is 2.13. The lowest BCUT2D eigenvalue weighted by Crippen LogP contribution is -1.83. The average Bonchev–Trinajstić information content (AvgIpc) is 2.82. The zero-order valence-corrected chi connectivity index (χ0v) is 12.5. The second-order valence-corrected chi connectivity index (χ2v) is 6.27. The van der Waals surface area contributed by atoms with Gasteiger partial charge in [0.05, 0.1) is 10.6 Å². The van der Waals surface area contributed by atoms with E-state index in [1.165, 1.54) is 29.0 Å². The van der Waals surface area contributed by atoms with Crippen LogP contribution < -0.4 is 0 Å². The van der Waals surface area contributed by atoms with Crippen molar-refractivity contribution in [3.8, 4) is 21.7 Å². The summed E-state index contributed by atoms with van der Waals surface area (Å²) in [6.07, 6.45) is 0. The number of hydrogen-bond donors (Lipinski definition) is 1. The summed E-state index contributed by atoms with van der Waals surface area (Å²) in [5, 5.41) is 0. The third kappa shape index (κ3) is 2.62. The SMILES string of the molecule is Cc1ccc(-c2nc(S)sc2-c2ccc(F)cc2)cc1. The Morgan fingerprint density at radius 1 is 0.950 bits per heavy atom. The number of thiazole rings is 1. The molecule has 0 radical (unpaired) electrons. The lowest BCUT2D eigenvalue weighted by atomic mass is 10.1. The topological polar surface area (TPSA) is 12.9 Å². The third-order valence-electron chi connectivity index (χ3n) is 3.05. The first kappa shape index (κ1) is 13.3. The standard InChI is InChI=1S/C16H12FNS2/c1-10-2-4-11(5-3-10)14-15(20-16(19)18-14)12-6-8-13(17)9-7-12/h2-9H,1H3,(H,18,19). The molecule has 0 saturated heterocycles. The van der Waals surface area contributed by atoms with Gasteiger partial charge < -0.3 is 0 Å². The van der Waals surface area contributed by atoms with Crippen molar-refractivity contribution < 1.29 is 4.39 Å². The third-order valence-corrected chi connectivity index (χ3v) is 4.33. The molecule has 0 fully saturated rings. The maximum atomic E-state index is 13.0. The van der Waals surface area contributed by atoms with Crippen molar-refractivity contribution in [3.63, 3.8) is 0 Å². The first-order valence-corrected chi connectivity index (χ1v) is 7.42. The fourth-order valence-corrected chi connectivity index (χ4v) is 3.22. The van der Waals surface area contributed by atoms with Crippen LogP contribution in [0.3, 0.4) is 0 Å². The van der Waals surface area contributed by atoms with E-state index < -0.39 is 0 Å².